The van der Waals surface area contributed by atoms with Crippen molar-refractivity contribution in [3.05, 3.63) is 66.8 Å². The Bertz CT molecular complexity index is 1850. The Hall–Kier alpha value is -1.32. The van der Waals surface area contributed by atoms with Crippen molar-refractivity contribution in [1.29, 1.82) is 0 Å². The van der Waals surface area contributed by atoms with Crippen LogP contribution in [0.1, 0.15) is 120 Å². The second-order valence-electron chi connectivity index (χ2n) is 22.7. The van der Waals surface area contributed by atoms with Crippen LogP contribution in [0, 0.1) is 18.8 Å². The van der Waals surface area contributed by atoms with Gasteiger partial charge in [0, 0.05) is 25.4 Å². The molecular formula is C52H94O11SSi3. The van der Waals surface area contributed by atoms with Crippen LogP contribution in [0.2, 0.25) is 54.4 Å². The lowest BCUT2D eigenvalue weighted by atomic mass is 9.78. The van der Waals surface area contributed by atoms with E-state index in [-0.39, 0.29) is 45.8 Å². The van der Waals surface area contributed by atoms with Crippen LogP contribution in [-0.2, 0) is 41.8 Å². The van der Waals surface area contributed by atoms with E-state index in [9.17, 15) is 18.6 Å². The van der Waals surface area contributed by atoms with E-state index in [1.165, 1.54) is 0 Å². The number of benzene rings is 1. The van der Waals surface area contributed by atoms with Gasteiger partial charge in [-0.1, -0.05) is 131 Å². The number of allylic oxidation sites excluding steroid dienone is 2. The Labute approximate surface area is 411 Å². The number of aliphatic hydroxyl groups is 2. The van der Waals surface area contributed by atoms with Crippen LogP contribution in [0.4, 0.5) is 0 Å². The molecule has 11 atom stereocenters. The molecule has 1 aromatic carbocycles. The first-order valence-corrected chi connectivity index (χ1v) is 34.8. The minimum atomic E-state index is -3.90. The van der Waals surface area contributed by atoms with Crippen molar-refractivity contribution in [2.24, 2.45) is 11.8 Å². The van der Waals surface area contributed by atoms with Crippen LogP contribution >= 0.6 is 0 Å². The fourth-order valence-electron chi connectivity index (χ4n) is 8.85. The lowest BCUT2D eigenvalue weighted by molar-refractivity contribution is -0.354. The monoisotopic (exact) mass is 1010 g/mol. The van der Waals surface area contributed by atoms with Crippen molar-refractivity contribution in [3.63, 3.8) is 0 Å². The molecule has 3 rings (SSSR count). The van der Waals surface area contributed by atoms with Crippen LogP contribution in [0.5, 0.6) is 0 Å². The van der Waals surface area contributed by atoms with E-state index in [1.54, 1.807) is 37.5 Å². The third kappa shape index (κ3) is 15.3. The van der Waals surface area contributed by atoms with Gasteiger partial charge in [-0.3, -0.25) is 4.18 Å². The van der Waals surface area contributed by atoms with E-state index >= 15 is 0 Å². The van der Waals surface area contributed by atoms with E-state index in [0.29, 0.717) is 38.5 Å². The SMILES string of the molecule is C=C/C=C/[C@H](CC(=C)C[C@H]1O[C@@H]([C@H](O[Si](CC)(CC)CC)[C@@]2(OC)C[C@H](O[Si](C)(C)C(C)(C)C)[C@@H](C)[C@@H](CCCCOS(=O)(=O)c3ccc(C)cc3)O2)[C@H](C)[C@@H](O)[C@@H]1O)O[Si](C)(C)C(C)(C)C. The van der Waals surface area contributed by atoms with Crippen molar-refractivity contribution < 1.29 is 50.3 Å². The second kappa shape index (κ2) is 24.4. The Morgan fingerprint density at radius 3 is 2.00 bits per heavy atom. The highest BCUT2D eigenvalue weighted by Crippen LogP contribution is 2.48. The largest absolute Gasteiger partial charge is 0.413 e. The average Bonchev–Trinajstić information content (AvgIpc) is 3.24. The smallest absolute Gasteiger partial charge is 0.296 e. The topological polar surface area (TPSA) is 139 Å². The molecule has 0 aromatic heterocycles. The van der Waals surface area contributed by atoms with Gasteiger partial charge < -0.3 is 37.7 Å². The number of ether oxygens (including phenoxy) is 3. The van der Waals surface area contributed by atoms with Crippen LogP contribution < -0.4 is 0 Å². The fraction of sp³-hybridized carbons (Fsp3) is 0.769. The third-order valence-electron chi connectivity index (χ3n) is 15.9. The van der Waals surface area contributed by atoms with Crippen LogP contribution in [-0.4, -0.2) is 112 Å². The highest BCUT2D eigenvalue weighted by molar-refractivity contribution is 7.86. The van der Waals surface area contributed by atoms with Gasteiger partial charge >= 0.3 is 0 Å². The maximum atomic E-state index is 13.0. The van der Waals surface area contributed by atoms with E-state index in [2.05, 4.69) is 109 Å². The summed E-state index contributed by atoms with van der Waals surface area (Å²) in [5, 5.41) is 23.7. The molecule has 0 unspecified atom stereocenters. The van der Waals surface area contributed by atoms with Gasteiger partial charge in [-0.2, -0.15) is 8.42 Å². The quantitative estimate of drug-likeness (QED) is 0.0318. The second-order valence-corrected chi connectivity index (χ2v) is 38.5. The van der Waals surface area contributed by atoms with Crippen molar-refractivity contribution >= 4 is 35.1 Å². The Kier molecular flexibility index (Phi) is 21.8. The molecule has 1 aromatic rings. The van der Waals surface area contributed by atoms with Crippen LogP contribution in [0.3, 0.4) is 0 Å². The Morgan fingerprint density at radius 1 is 0.896 bits per heavy atom. The molecule has 2 fully saturated rings. The lowest BCUT2D eigenvalue weighted by Gasteiger charge is -2.56. The van der Waals surface area contributed by atoms with E-state index < -0.39 is 77.3 Å². The van der Waals surface area contributed by atoms with Crippen LogP contribution in [0.25, 0.3) is 0 Å². The summed E-state index contributed by atoms with van der Waals surface area (Å²) in [5.74, 6) is -1.98. The average molecular weight is 1010 g/mol. The number of hydrogen-bond donors (Lipinski definition) is 2. The van der Waals surface area contributed by atoms with Crippen LogP contribution in [0.15, 0.2) is 66.1 Å². The molecule has 0 amide bonds. The number of rotatable bonds is 25. The van der Waals surface area contributed by atoms with Gasteiger partial charge in [0.2, 0.25) is 0 Å². The molecule has 0 aliphatic carbocycles. The summed E-state index contributed by atoms with van der Waals surface area (Å²) in [4.78, 5) is 0.138. The molecule has 2 aliphatic heterocycles. The van der Waals surface area contributed by atoms with Crippen molar-refractivity contribution in [2.75, 3.05) is 13.7 Å². The first-order chi connectivity index (χ1) is 30.9. The molecule has 2 heterocycles. The van der Waals surface area contributed by atoms with Crippen molar-refractivity contribution in [1.82, 2.24) is 0 Å². The standard InChI is InChI=1S/C52H94O11SSi3/c1-20-24-27-41(61-65(16,17)50(9,10)11)34-38(6)35-44-47(54)46(53)40(8)48(59-44)49(63-67(21-2,22-3)23-4)52(57-15)36-45(62-66(18,19)51(12,13)14)39(7)43(60-52)28-25-26-33-58-64(55,56)42-31-29-37(5)30-32-42/h20,24,27,29-32,39-41,43-49,53-54H,1,6,21-23,25-26,28,33-36H2,2-5,7-19H3/b27-24+/t39-,40+,41+,43+,44+,45-,46+,47+,48+,49-,52+/m0/s1. The molecule has 2 saturated heterocycles. The Morgan fingerprint density at radius 2 is 1.48 bits per heavy atom. The van der Waals surface area contributed by atoms with Gasteiger partial charge in [0.05, 0.1) is 48.1 Å². The normalized spacial score (nSPS) is 28.1. The molecule has 15 heteroatoms. The summed E-state index contributed by atoms with van der Waals surface area (Å²) in [7, 11) is -9.22. The minimum Gasteiger partial charge on any atom is -0.413 e. The summed E-state index contributed by atoms with van der Waals surface area (Å²) in [6.07, 6.45) is 3.01. The zero-order chi connectivity index (χ0) is 51.0. The zero-order valence-corrected chi connectivity index (χ0v) is 48.6. The molecule has 11 nitrogen and oxygen atoms in total. The first-order valence-electron chi connectivity index (χ1n) is 25.1. The Balaban J connectivity index is 2.08. The number of unbranched alkanes of at least 4 members (excludes halogenated alkanes) is 1. The minimum absolute atomic E-state index is 0.00269. The molecule has 0 spiro atoms. The lowest BCUT2D eigenvalue weighted by Crippen LogP contribution is -2.69. The zero-order valence-electron chi connectivity index (χ0n) is 44.8. The summed E-state index contributed by atoms with van der Waals surface area (Å²) >= 11 is 0. The highest BCUT2D eigenvalue weighted by atomic mass is 32.2. The summed E-state index contributed by atoms with van der Waals surface area (Å²) in [6.45, 7) is 43.3. The van der Waals surface area contributed by atoms with Crippen molar-refractivity contribution in [3.8, 4) is 0 Å². The van der Waals surface area contributed by atoms with Gasteiger partial charge in [0.1, 0.15) is 12.2 Å². The van der Waals surface area contributed by atoms with Gasteiger partial charge in [-0.25, -0.2) is 0 Å². The van der Waals surface area contributed by atoms with Gasteiger partial charge in [0.25, 0.3) is 10.1 Å². The van der Waals surface area contributed by atoms with Crippen molar-refractivity contribution in [2.45, 2.75) is 236 Å². The fourth-order valence-corrected chi connectivity index (χ4v) is 15.3. The highest BCUT2D eigenvalue weighted by Gasteiger charge is 2.60. The first kappa shape index (κ1) is 60.0. The molecule has 0 radical (unpaired) electrons. The molecule has 0 bridgehead atoms. The number of methoxy groups -OCH3 is 1. The molecule has 2 aliphatic rings. The molecule has 0 saturated carbocycles. The molecule has 67 heavy (non-hydrogen) atoms. The number of aliphatic hydroxyl groups excluding tert-OH is 2. The van der Waals surface area contributed by atoms with E-state index in [4.69, 9.17) is 31.7 Å². The van der Waals surface area contributed by atoms with Gasteiger partial charge in [-0.05, 0) is 106 Å². The predicted octanol–water partition coefficient (Wildman–Crippen LogP) is 12.0. The summed E-state index contributed by atoms with van der Waals surface area (Å²) in [5.41, 5.74) is 1.80. The number of aryl methyl sites for hydroxylation is 1. The van der Waals surface area contributed by atoms with Gasteiger partial charge in [-0.15, -0.1) is 0 Å². The third-order valence-corrected chi connectivity index (χ3v) is 30.8. The number of hydrogen-bond acceptors (Lipinski definition) is 11. The summed E-state index contributed by atoms with van der Waals surface area (Å²) in [6, 6.07) is 9.22. The molecule has 2 N–H and O–H groups in total. The molecule has 386 valence electrons. The summed E-state index contributed by atoms with van der Waals surface area (Å²) < 4.78 is 74.6. The maximum absolute atomic E-state index is 13.0. The molecular weight excluding hydrogens is 917 g/mol. The predicted molar refractivity (Wildman–Crippen MR) is 280 cm³/mol. The van der Waals surface area contributed by atoms with E-state index in [1.807, 2.05) is 26.0 Å². The van der Waals surface area contributed by atoms with E-state index in [0.717, 1.165) is 29.3 Å². The maximum Gasteiger partial charge on any atom is 0.296 e. The van der Waals surface area contributed by atoms with Gasteiger partial charge in [0.15, 0.2) is 30.7 Å².